The molecule has 0 radical (unpaired) electrons. The first-order valence-corrected chi connectivity index (χ1v) is 10.5. The lowest BCUT2D eigenvalue weighted by Gasteiger charge is -2.11. The van der Waals surface area contributed by atoms with E-state index >= 15 is 0 Å². The number of carbonyl (C=O) groups is 1. The third kappa shape index (κ3) is 5.67. The minimum atomic E-state index is -3.84. The van der Waals surface area contributed by atoms with E-state index in [9.17, 15) is 22.0 Å². The van der Waals surface area contributed by atoms with Gasteiger partial charge in [-0.1, -0.05) is 24.3 Å². The minimum absolute atomic E-state index is 0.0294. The van der Waals surface area contributed by atoms with Crippen molar-refractivity contribution in [3.05, 3.63) is 90.0 Å². The number of hydrogen-bond donors (Lipinski definition) is 2. The van der Waals surface area contributed by atoms with Crippen LogP contribution in [0.15, 0.2) is 77.7 Å². The lowest BCUT2D eigenvalue weighted by molar-refractivity contribution is -0.111. The van der Waals surface area contributed by atoms with Gasteiger partial charge in [-0.15, -0.1) is 0 Å². The van der Waals surface area contributed by atoms with E-state index in [0.717, 1.165) is 12.1 Å². The first-order chi connectivity index (χ1) is 14.8. The number of hydrogen-bond acceptors (Lipinski definition) is 4. The standard InChI is InChI=1S/C22H18F2N2O4S/c1-30-21-5-3-2-4-20(21)26-31(28,29)17-10-6-15(7-11-17)8-13-22(27)25-16-9-12-18(23)19(24)14-16/h2-14,26H,1H3,(H,25,27)/b13-8+. The van der Waals surface area contributed by atoms with Crippen LogP contribution in [0.3, 0.4) is 0 Å². The summed E-state index contributed by atoms with van der Waals surface area (Å²) in [5.41, 5.74) is 0.983. The van der Waals surface area contributed by atoms with E-state index in [-0.39, 0.29) is 10.6 Å². The fourth-order valence-electron chi connectivity index (χ4n) is 2.62. The quantitative estimate of drug-likeness (QED) is 0.528. The van der Waals surface area contributed by atoms with Crippen molar-refractivity contribution in [3.63, 3.8) is 0 Å². The van der Waals surface area contributed by atoms with Crippen LogP contribution in [0.1, 0.15) is 5.56 Å². The summed E-state index contributed by atoms with van der Waals surface area (Å²) in [6.45, 7) is 0. The molecule has 9 heteroatoms. The van der Waals surface area contributed by atoms with Gasteiger partial charge in [0.25, 0.3) is 10.0 Å². The van der Waals surface area contributed by atoms with Gasteiger partial charge in [-0.25, -0.2) is 17.2 Å². The molecular formula is C22H18F2N2O4S. The van der Waals surface area contributed by atoms with Gasteiger partial charge < -0.3 is 10.1 Å². The van der Waals surface area contributed by atoms with Gasteiger partial charge in [0.1, 0.15) is 5.75 Å². The zero-order chi connectivity index (χ0) is 22.4. The molecule has 0 aliphatic rings. The van der Waals surface area contributed by atoms with E-state index in [1.807, 2.05) is 0 Å². The summed E-state index contributed by atoms with van der Waals surface area (Å²) in [6.07, 6.45) is 2.65. The van der Waals surface area contributed by atoms with Crippen LogP contribution < -0.4 is 14.8 Å². The fraction of sp³-hybridized carbons (Fsp3) is 0.0455. The van der Waals surface area contributed by atoms with Crippen LogP contribution in [0.25, 0.3) is 6.08 Å². The zero-order valence-electron chi connectivity index (χ0n) is 16.3. The molecule has 2 N–H and O–H groups in total. The second-order valence-corrected chi connectivity index (χ2v) is 8.01. The summed E-state index contributed by atoms with van der Waals surface area (Å²) in [7, 11) is -2.40. The smallest absolute Gasteiger partial charge is 0.262 e. The van der Waals surface area contributed by atoms with Gasteiger partial charge >= 0.3 is 0 Å². The third-order valence-corrected chi connectivity index (χ3v) is 5.54. The van der Waals surface area contributed by atoms with Crippen molar-refractivity contribution < 1.29 is 26.7 Å². The van der Waals surface area contributed by atoms with Crippen LogP contribution in [0.5, 0.6) is 5.75 Å². The van der Waals surface area contributed by atoms with Gasteiger partial charge in [-0.3, -0.25) is 9.52 Å². The van der Waals surface area contributed by atoms with Gasteiger partial charge in [0.2, 0.25) is 5.91 Å². The lowest BCUT2D eigenvalue weighted by Crippen LogP contribution is -2.13. The summed E-state index contributed by atoms with van der Waals surface area (Å²) < 4.78 is 58.9. The summed E-state index contributed by atoms with van der Waals surface area (Å²) in [5.74, 6) is -2.25. The van der Waals surface area contributed by atoms with Crippen molar-refractivity contribution in [3.8, 4) is 5.75 Å². The summed E-state index contributed by atoms with van der Waals surface area (Å²) in [6, 6.07) is 15.5. The Morgan fingerprint density at radius 3 is 2.35 bits per heavy atom. The molecule has 0 aliphatic heterocycles. The predicted octanol–water partition coefficient (Wildman–Crippen LogP) is 4.43. The van der Waals surface area contributed by atoms with Gasteiger partial charge in [0.15, 0.2) is 11.6 Å². The molecule has 0 aliphatic carbocycles. The minimum Gasteiger partial charge on any atom is -0.495 e. The summed E-state index contributed by atoms with van der Waals surface area (Å²) in [4.78, 5) is 12.0. The highest BCUT2D eigenvalue weighted by Gasteiger charge is 2.16. The first kappa shape index (κ1) is 22.0. The average molecular weight is 444 g/mol. The normalized spacial score (nSPS) is 11.3. The van der Waals surface area contributed by atoms with Crippen LogP contribution in [-0.4, -0.2) is 21.4 Å². The molecule has 0 heterocycles. The number of methoxy groups -OCH3 is 1. The Labute approximate surface area is 178 Å². The van der Waals surface area contributed by atoms with Crippen molar-refractivity contribution in [2.45, 2.75) is 4.90 Å². The molecule has 0 aromatic heterocycles. The Balaban J connectivity index is 1.67. The number of sulfonamides is 1. The van der Waals surface area contributed by atoms with E-state index in [2.05, 4.69) is 10.0 Å². The predicted molar refractivity (Wildman–Crippen MR) is 114 cm³/mol. The second-order valence-electron chi connectivity index (χ2n) is 6.33. The maximum atomic E-state index is 13.2. The molecule has 0 unspecified atom stereocenters. The van der Waals surface area contributed by atoms with Crippen molar-refractivity contribution in [2.24, 2.45) is 0 Å². The zero-order valence-corrected chi connectivity index (χ0v) is 17.1. The van der Waals surface area contributed by atoms with E-state index in [1.165, 1.54) is 49.6 Å². The molecule has 0 fully saturated rings. The lowest BCUT2D eigenvalue weighted by atomic mass is 10.2. The maximum absolute atomic E-state index is 13.2. The number of amides is 1. The van der Waals surface area contributed by atoms with Crippen LogP contribution in [-0.2, 0) is 14.8 Å². The van der Waals surface area contributed by atoms with E-state index in [1.54, 1.807) is 24.3 Å². The molecule has 0 bridgehead atoms. The highest BCUT2D eigenvalue weighted by molar-refractivity contribution is 7.92. The molecule has 0 atom stereocenters. The molecule has 0 spiro atoms. The number of ether oxygens (including phenoxy) is 1. The molecule has 6 nitrogen and oxygen atoms in total. The molecule has 3 rings (SSSR count). The van der Waals surface area contributed by atoms with Gasteiger partial charge in [0.05, 0.1) is 17.7 Å². The second kappa shape index (κ2) is 9.40. The molecule has 160 valence electrons. The van der Waals surface area contributed by atoms with Crippen LogP contribution >= 0.6 is 0 Å². The average Bonchev–Trinajstić information content (AvgIpc) is 2.75. The number of nitrogens with one attached hydrogen (secondary N) is 2. The van der Waals surface area contributed by atoms with Crippen LogP contribution in [0.4, 0.5) is 20.2 Å². The Hall–Kier alpha value is -3.72. The molecule has 1 amide bonds. The van der Waals surface area contributed by atoms with Crippen molar-refractivity contribution in [2.75, 3.05) is 17.1 Å². The van der Waals surface area contributed by atoms with Crippen molar-refractivity contribution in [1.29, 1.82) is 0 Å². The fourth-order valence-corrected chi connectivity index (χ4v) is 3.69. The SMILES string of the molecule is COc1ccccc1NS(=O)(=O)c1ccc(/C=C/C(=O)Nc2ccc(F)c(F)c2)cc1. The van der Waals surface area contributed by atoms with Crippen molar-refractivity contribution in [1.82, 2.24) is 0 Å². The molecule has 0 saturated carbocycles. The van der Waals surface area contributed by atoms with Crippen LogP contribution in [0, 0.1) is 11.6 Å². The Morgan fingerprint density at radius 1 is 0.968 bits per heavy atom. The largest absolute Gasteiger partial charge is 0.495 e. The number of carbonyl (C=O) groups excluding carboxylic acids is 1. The molecule has 3 aromatic rings. The molecule has 3 aromatic carbocycles. The third-order valence-electron chi connectivity index (χ3n) is 4.16. The number of para-hydroxylation sites is 2. The van der Waals surface area contributed by atoms with E-state index in [0.29, 0.717) is 17.0 Å². The summed E-state index contributed by atoms with van der Waals surface area (Å²) >= 11 is 0. The number of rotatable bonds is 7. The number of benzene rings is 3. The van der Waals surface area contributed by atoms with E-state index < -0.39 is 27.6 Å². The maximum Gasteiger partial charge on any atom is 0.262 e. The number of anilines is 2. The van der Waals surface area contributed by atoms with Gasteiger partial charge in [-0.2, -0.15) is 0 Å². The van der Waals surface area contributed by atoms with Crippen LogP contribution in [0.2, 0.25) is 0 Å². The Morgan fingerprint density at radius 2 is 1.68 bits per heavy atom. The summed E-state index contributed by atoms with van der Waals surface area (Å²) in [5, 5.41) is 2.40. The Bertz CT molecular complexity index is 1230. The van der Waals surface area contributed by atoms with Crippen molar-refractivity contribution >= 4 is 33.4 Å². The van der Waals surface area contributed by atoms with Gasteiger partial charge in [-0.05, 0) is 48.0 Å². The first-order valence-electron chi connectivity index (χ1n) is 8.98. The Kier molecular flexibility index (Phi) is 6.66. The van der Waals surface area contributed by atoms with E-state index in [4.69, 9.17) is 4.74 Å². The number of halogens is 2. The molecule has 31 heavy (non-hydrogen) atoms. The topological polar surface area (TPSA) is 84.5 Å². The van der Waals surface area contributed by atoms with Gasteiger partial charge in [0, 0.05) is 17.8 Å². The molecule has 0 saturated heterocycles. The monoisotopic (exact) mass is 444 g/mol. The highest BCUT2D eigenvalue weighted by atomic mass is 32.2. The highest BCUT2D eigenvalue weighted by Crippen LogP contribution is 2.26. The molecular weight excluding hydrogens is 426 g/mol.